The zero-order valence-corrected chi connectivity index (χ0v) is 10.1. The second-order valence-corrected chi connectivity index (χ2v) is 4.18. The van der Waals surface area contributed by atoms with E-state index in [4.69, 9.17) is 4.74 Å². The van der Waals surface area contributed by atoms with Gasteiger partial charge in [-0.1, -0.05) is 0 Å². The fourth-order valence-corrected chi connectivity index (χ4v) is 1.89. The molecule has 94 valence electrons. The van der Waals surface area contributed by atoms with Crippen LogP contribution < -0.4 is 5.32 Å². The maximum atomic E-state index is 5.31. The highest BCUT2D eigenvalue weighted by atomic mass is 16.5. The molecule has 0 atom stereocenters. The summed E-state index contributed by atoms with van der Waals surface area (Å²) in [5.41, 5.74) is 0.999. The molecule has 1 aromatic rings. The molecular weight excluding hydrogens is 216 g/mol. The van der Waals surface area contributed by atoms with Gasteiger partial charge < -0.3 is 10.1 Å². The molecular formula is C12H20N4O. The molecule has 0 unspecified atom stereocenters. The number of rotatable bonds is 6. The standard InChI is InChI=1S/C12H20N4O/c1(5-16-6-8-17-9-7-16)2-13-10-12-11-14-3-4-15-12/h3-4,11,13H,1-2,5-10H2. The lowest BCUT2D eigenvalue weighted by molar-refractivity contribution is 0.0374. The molecule has 2 heterocycles. The Hall–Kier alpha value is -1.04. The van der Waals surface area contributed by atoms with Crippen molar-refractivity contribution in [1.29, 1.82) is 0 Å². The third-order valence-corrected chi connectivity index (χ3v) is 2.85. The molecule has 5 heteroatoms. The number of ether oxygens (including phenoxy) is 1. The molecule has 5 nitrogen and oxygen atoms in total. The number of hydrogen-bond donors (Lipinski definition) is 1. The van der Waals surface area contributed by atoms with Crippen molar-refractivity contribution < 1.29 is 4.74 Å². The molecule has 17 heavy (non-hydrogen) atoms. The van der Waals surface area contributed by atoms with Gasteiger partial charge in [-0.2, -0.15) is 0 Å². The maximum absolute atomic E-state index is 5.31. The average Bonchev–Trinajstić information content (AvgIpc) is 2.41. The molecule has 2 rings (SSSR count). The van der Waals surface area contributed by atoms with Gasteiger partial charge >= 0.3 is 0 Å². The van der Waals surface area contributed by atoms with Crippen LogP contribution >= 0.6 is 0 Å². The van der Waals surface area contributed by atoms with E-state index < -0.39 is 0 Å². The first-order valence-corrected chi connectivity index (χ1v) is 6.21. The highest BCUT2D eigenvalue weighted by Crippen LogP contribution is 1.97. The van der Waals surface area contributed by atoms with Crippen molar-refractivity contribution in [3.63, 3.8) is 0 Å². The van der Waals surface area contributed by atoms with Gasteiger partial charge in [0.1, 0.15) is 0 Å². The van der Waals surface area contributed by atoms with E-state index in [0.29, 0.717) is 0 Å². The quantitative estimate of drug-likeness (QED) is 0.719. The van der Waals surface area contributed by atoms with Gasteiger partial charge in [-0.25, -0.2) is 0 Å². The summed E-state index contributed by atoms with van der Waals surface area (Å²) in [4.78, 5) is 10.7. The lowest BCUT2D eigenvalue weighted by Crippen LogP contribution is -2.37. The van der Waals surface area contributed by atoms with E-state index >= 15 is 0 Å². The number of nitrogens with zero attached hydrogens (tertiary/aromatic N) is 3. The van der Waals surface area contributed by atoms with Crippen LogP contribution in [0.1, 0.15) is 12.1 Å². The summed E-state index contributed by atoms with van der Waals surface area (Å²) in [5.74, 6) is 0. The lowest BCUT2D eigenvalue weighted by Gasteiger charge is -2.26. The van der Waals surface area contributed by atoms with Crippen molar-refractivity contribution in [2.24, 2.45) is 0 Å². The van der Waals surface area contributed by atoms with E-state index in [2.05, 4.69) is 20.2 Å². The van der Waals surface area contributed by atoms with Gasteiger partial charge in [-0.3, -0.25) is 14.9 Å². The van der Waals surface area contributed by atoms with Crippen molar-refractivity contribution in [3.05, 3.63) is 24.3 Å². The first-order chi connectivity index (χ1) is 8.45. The zero-order valence-electron chi connectivity index (χ0n) is 10.1. The van der Waals surface area contributed by atoms with E-state index in [1.807, 2.05) is 0 Å². The highest BCUT2D eigenvalue weighted by Gasteiger charge is 2.08. The van der Waals surface area contributed by atoms with E-state index in [0.717, 1.165) is 51.6 Å². The van der Waals surface area contributed by atoms with Crippen LogP contribution in [0.5, 0.6) is 0 Å². The van der Waals surface area contributed by atoms with Gasteiger partial charge in [-0.15, -0.1) is 0 Å². The predicted molar refractivity (Wildman–Crippen MR) is 65.6 cm³/mol. The van der Waals surface area contributed by atoms with Crippen molar-refractivity contribution in [2.45, 2.75) is 13.0 Å². The molecule has 0 aliphatic carbocycles. The molecule has 0 bridgehead atoms. The fourth-order valence-electron chi connectivity index (χ4n) is 1.89. The van der Waals surface area contributed by atoms with Crippen molar-refractivity contribution in [2.75, 3.05) is 39.4 Å². The fraction of sp³-hybridized carbons (Fsp3) is 0.667. The largest absolute Gasteiger partial charge is 0.379 e. The van der Waals surface area contributed by atoms with Gasteiger partial charge in [0.05, 0.1) is 18.9 Å². The maximum Gasteiger partial charge on any atom is 0.0724 e. The van der Waals surface area contributed by atoms with Crippen LogP contribution in [0.4, 0.5) is 0 Å². The summed E-state index contributed by atoms with van der Waals surface area (Å²) in [6.07, 6.45) is 6.39. The van der Waals surface area contributed by atoms with E-state index in [9.17, 15) is 0 Å². The van der Waals surface area contributed by atoms with Gasteiger partial charge in [-0.05, 0) is 19.5 Å². The molecule has 1 aliphatic heterocycles. The molecule has 0 radical (unpaired) electrons. The Morgan fingerprint density at radius 1 is 1.29 bits per heavy atom. The molecule has 0 amide bonds. The van der Waals surface area contributed by atoms with Crippen LogP contribution in [0, 0.1) is 0 Å². The summed E-state index contributed by atoms with van der Waals surface area (Å²) in [6.45, 7) is 6.89. The molecule has 1 aliphatic rings. The van der Waals surface area contributed by atoms with Crippen molar-refractivity contribution in [1.82, 2.24) is 20.2 Å². The third kappa shape index (κ3) is 4.77. The van der Waals surface area contributed by atoms with Gasteiger partial charge in [0.2, 0.25) is 0 Å². The Morgan fingerprint density at radius 2 is 2.18 bits per heavy atom. The van der Waals surface area contributed by atoms with Crippen LogP contribution in [0.15, 0.2) is 18.6 Å². The van der Waals surface area contributed by atoms with Gasteiger partial charge in [0.15, 0.2) is 0 Å². The molecule has 0 aromatic carbocycles. The second kappa shape index (κ2) is 7.32. The molecule has 1 fully saturated rings. The summed E-state index contributed by atoms with van der Waals surface area (Å²) in [6, 6.07) is 0. The summed E-state index contributed by atoms with van der Waals surface area (Å²) in [7, 11) is 0. The van der Waals surface area contributed by atoms with Crippen LogP contribution in [0.2, 0.25) is 0 Å². The molecule has 0 spiro atoms. The minimum atomic E-state index is 0.803. The predicted octanol–water partition coefficient (Wildman–Crippen LogP) is 0.288. The average molecular weight is 236 g/mol. The third-order valence-electron chi connectivity index (χ3n) is 2.85. The Bertz CT molecular complexity index is 301. The van der Waals surface area contributed by atoms with Crippen molar-refractivity contribution >= 4 is 0 Å². The Morgan fingerprint density at radius 3 is 2.94 bits per heavy atom. The van der Waals surface area contributed by atoms with Crippen LogP contribution in [0.3, 0.4) is 0 Å². The normalized spacial score (nSPS) is 17.2. The topological polar surface area (TPSA) is 50.3 Å². The van der Waals surface area contributed by atoms with Crippen LogP contribution in [-0.4, -0.2) is 54.3 Å². The molecule has 0 saturated carbocycles. The minimum absolute atomic E-state index is 0.803. The van der Waals surface area contributed by atoms with E-state index in [1.54, 1.807) is 18.6 Å². The van der Waals surface area contributed by atoms with E-state index in [1.165, 1.54) is 6.42 Å². The number of hydrogen-bond acceptors (Lipinski definition) is 5. The molecule has 1 aromatic heterocycles. The van der Waals surface area contributed by atoms with Crippen molar-refractivity contribution in [3.8, 4) is 0 Å². The number of morpholine rings is 1. The second-order valence-electron chi connectivity index (χ2n) is 4.18. The SMILES string of the molecule is c1cnc(CNCCCN2CCOCC2)cn1. The smallest absolute Gasteiger partial charge is 0.0724 e. The summed E-state index contributed by atoms with van der Waals surface area (Å²) in [5, 5.41) is 3.38. The van der Waals surface area contributed by atoms with E-state index in [-0.39, 0.29) is 0 Å². The first-order valence-electron chi connectivity index (χ1n) is 6.21. The number of aromatic nitrogens is 2. The monoisotopic (exact) mass is 236 g/mol. The molecule has 1 saturated heterocycles. The van der Waals surface area contributed by atoms with Gasteiger partial charge in [0.25, 0.3) is 0 Å². The van der Waals surface area contributed by atoms with Gasteiger partial charge in [0, 0.05) is 38.2 Å². The molecule has 1 N–H and O–H groups in total. The summed E-state index contributed by atoms with van der Waals surface area (Å²) >= 11 is 0. The lowest BCUT2D eigenvalue weighted by atomic mass is 10.3. The van der Waals surface area contributed by atoms with Crippen LogP contribution in [-0.2, 0) is 11.3 Å². The minimum Gasteiger partial charge on any atom is -0.379 e. The Kier molecular flexibility index (Phi) is 5.35. The summed E-state index contributed by atoms with van der Waals surface area (Å²) < 4.78 is 5.31. The number of nitrogens with one attached hydrogen (secondary N) is 1. The Labute approximate surface area is 102 Å². The zero-order chi connectivity index (χ0) is 11.8. The first kappa shape index (κ1) is 12.4. The highest BCUT2D eigenvalue weighted by molar-refractivity contribution is 4.93. The Balaban J connectivity index is 1.51. The van der Waals surface area contributed by atoms with Crippen LogP contribution in [0.25, 0.3) is 0 Å².